The van der Waals surface area contributed by atoms with Crippen LogP contribution >= 0.6 is 22.9 Å². The molecule has 1 aromatic carbocycles. The highest BCUT2D eigenvalue weighted by Crippen LogP contribution is 2.39. The molecule has 0 saturated heterocycles. The van der Waals surface area contributed by atoms with Crippen molar-refractivity contribution in [1.82, 2.24) is 20.1 Å². The van der Waals surface area contributed by atoms with E-state index >= 15 is 0 Å². The highest BCUT2D eigenvalue weighted by atomic mass is 35.5. The molecule has 0 radical (unpaired) electrons. The first-order valence-corrected chi connectivity index (χ1v) is 11.6. The number of aromatic nitrogens is 3. The third-order valence-electron chi connectivity index (χ3n) is 5.54. The van der Waals surface area contributed by atoms with E-state index in [9.17, 15) is 4.79 Å². The van der Waals surface area contributed by atoms with Gasteiger partial charge in [0.1, 0.15) is 16.9 Å². The zero-order valence-electron chi connectivity index (χ0n) is 18.7. The van der Waals surface area contributed by atoms with E-state index in [4.69, 9.17) is 16.6 Å². The molecule has 1 N–H and O–H groups in total. The van der Waals surface area contributed by atoms with Crippen molar-refractivity contribution in [2.75, 3.05) is 0 Å². The molecule has 3 heterocycles. The number of halogens is 1. The molecule has 1 atom stereocenters. The zero-order chi connectivity index (χ0) is 23.7. The van der Waals surface area contributed by atoms with Gasteiger partial charge in [-0.1, -0.05) is 43.0 Å². The molecule has 0 saturated carbocycles. The van der Waals surface area contributed by atoms with Crippen molar-refractivity contribution in [2.45, 2.75) is 33.2 Å². The highest BCUT2D eigenvalue weighted by Gasteiger charge is 2.32. The van der Waals surface area contributed by atoms with Crippen LogP contribution in [0, 0.1) is 20.8 Å². The van der Waals surface area contributed by atoms with Crippen LogP contribution in [0.3, 0.4) is 0 Å². The van der Waals surface area contributed by atoms with Gasteiger partial charge in [0.05, 0.1) is 12.1 Å². The van der Waals surface area contributed by atoms with E-state index in [1.54, 1.807) is 29.6 Å². The normalized spacial score (nSPS) is 15.2. The fourth-order valence-corrected chi connectivity index (χ4v) is 5.15. The Hall–Kier alpha value is -3.29. The molecule has 33 heavy (non-hydrogen) atoms. The number of hydrogen-bond acceptors (Lipinski definition) is 5. The second kappa shape index (κ2) is 9.29. The quantitative estimate of drug-likeness (QED) is 0.472. The summed E-state index contributed by atoms with van der Waals surface area (Å²) in [6.45, 7) is 13.5. The van der Waals surface area contributed by atoms with Crippen LogP contribution in [0.15, 0.2) is 66.3 Å². The summed E-state index contributed by atoms with van der Waals surface area (Å²) < 4.78 is 2.03. The molecule has 0 bridgehead atoms. The summed E-state index contributed by atoms with van der Waals surface area (Å²) in [5.74, 6) is 1.20. The average Bonchev–Trinajstić information content (AvgIpc) is 3.26. The first-order valence-electron chi connectivity index (χ1n) is 10.5. The monoisotopic (exact) mass is 477 g/mol. The first kappa shape index (κ1) is 22.9. The number of nitrogens with zero attached hydrogens (tertiary/aromatic N) is 4. The van der Waals surface area contributed by atoms with E-state index in [-0.39, 0.29) is 12.3 Å². The molecule has 3 aromatic rings. The molecule has 6 nitrogen and oxygen atoms in total. The van der Waals surface area contributed by atoms with Gasteiger partial charge in [0.25, 0.3) is 0 Å². The number of aryl methyl sites for hydroxylation is 2. The van der Waals surface area contributed by atoms with Crippen molar-refractivity contribution in [2.24, 2.45) is 4.99 Å². The largest absolute Gasteiger partial charge is 0.326 e. The molecule has 0 fully saturated rings. The minimum Gasteiger partial charge on any atom is -0.326 e. The van der Waals surface area contributed by atoms with Crippen LogP contribution in [0.4, 0.5) is 0 Å². The van der Waals surface area contributed by atoms with Gasteiger partial charge in [0.15, 0.2) is 5.82 Å². The smallest absolute Gasteiger partial charge is 0.227 e. The van der Waals surface area contributed by atoms with Crippen LogP contribution in [0.1, 0.15) is 45.7 Å². The number of carbonyl (C=O) groups excluding carboxylic acids is 1. The van der Waals surface area contributed by atoms with E-state index in [2.05, 4.69) is 42.5 Å². The van der Waals surface area contributed by atoms with Crippen LogP contribution in [-0.4, -0.2) is 26.4 Å². The molecule has 0 aliphatic carbocycles. The second-order valence-electron chi connectivity index (χ2n) is 7.72. The third kappa shape index (κ3) is 4.34. The summed E-state index contributed by atoms with van der Waals surface area (Å²) in [6, 6.07) is 7.09. The second-order valence-corrected chi connectivity index (χ2v) is 9.36. The Balaban J connectivity index is 1.87. The van der Waals surface area contributed by atoms with Crippen LogP contribution in [0.25, 0.3) is 5.00 Å². The predicted molar refractivity (Wildman–Crippen MR) is 135 cm³/mol. The van der Waals surface area contributed by atoms with Crippen molar-refractivity contribution in [3.63, 3.8) is 0 Å². The number of benzene rings is 1. The Morgan fingerprint density at radius 1 is 1.21 bits per heavy atom. The molecule has 8 heteroatoms. The summed E-state index contributed by atoms with van der Waals surface area (Å²) in [4.78, 5) is 19.2. The number of carbonyl (C=O) groups is 1. The van der Waals surface area contributed by atoms with E-state index in [1.807, 2.05) is 35.8 Å². The maximum absolute atomic E-state index is 12.9. The van der Waals surface area contributed by atoms with Gasteiger partial charge >= 0.3 is 0 Å². The minimum atomic E-state index is -0.522. The van der Waals surface area contributed by atoms with E-state index < -0.39 is 6.04 Å². The van der Waals surface area contributed by atoms with Crippen LogP contribution in [0.2, 0.25) is 5.02 Å². The average molecular weight is 478 g/mol. The Morgan fingerprint density at radius 3 is 2.61 bits per heavy atom. The number of nitrogens with one attached hydrogen (secondary N) is 1. The van der Waals surface area contributed by atoms with Gasteiger partial charge in [-0.2, -0.15) is 0 Å². The number of fused-ring (bicyclic) bond motifs is 3. The summed E-state index contributed by atoms with van der Waals surface area (Å²) >= 11 is 7.82. The maximum Gasteiger partial charge on any atom is 0.227 e. The minimum absolute atomic E-state index is 0.102. The van der Waals surface area contributed by atoms with E-state index in [1.165, 1.54) is 4.88 Å². The van der Waals surface area contributed by atoms with Crippen molar-refractivity contribution < 1.29 is 4.79 Å². The Bertz CT molecular complexity index is 1310. The standard InChI is InChI=1S/C25H24ClN5OS/c1-6-8-19(7-2)27-21(32)13-20-24-30-29-16(5)31(24)25-22(14(3)15(4)33-25)23(28-20)17-9-11-18(26)12-10-17/h6-12,20H,1-2,13H2,3-5H3,(H,27,32)/b19-8+. The lowest BCUT2D eigenvalue weighted by Gasteiger charge is -2.13. The molecule has 1 aliphatic heterocycles. The number of amides is 1. The fourth-order valence-electron chi connectivity index (χ4n) is 3.81. The fraction of sp³-hybridized carbons (Fsp3) is 0.200. The van der Waals surface area contributed by atoms with Crippen molar-refractivity contribution in [3.8, 4) is 5.00 Å². The van der Waals surface area contributed by atoms with Gasteiger partial charge in [-0.15, -0.1) is 21.5 Å². The zero-order valence-corrected chi connectivity index (χ0v) is 20.3. The first-order chi connectivity index (χ1) is 15.8. The summed E-state index contributed by atoms with van der Waals surface area (Å²) in [5, 5.41) is 13.3. The number of aliphatic imine (C=N–C) groups is 1. The Labute approximate surface area is 202 Å². The summed E-state index contributed by atoms with van der Waals surface area (Å²) in [6.07, 6.45) is 4.97. The topological polar surface area (TPSA) is 72.2 Å². The van der Waals surface area contributed by atoms with E-state index in [0.717, 1.165) is 33.2 Å². The van der Waals surface area contributed by atoms with Crippen LogP contribution < -0.4 is 5.32 Å². The van der Waals surface area contributed by atoms with Gasteiger partial charge in [0.2, 0.25) is 5.91 Å². The molecule has 2 aromatic heterocycles. The molecule has 1 amide bonds. The number of hydrogen-bond donors (Lipinski definition) is 1. The molecule has 4 rings (SSSR count). The molecule has 168 valence electrons. The number of rotatable bonds is 6. The van der Waals surface area contributed by atoms with Crippen LogP contribution in [-0.2, 0) is 4.79 Å². The Kier molecular flexibility index (Phi) is 6.44. The van der Waals surface area contributed by atoms with Crippen molar-refractivity contribution in [1.29, 1.82) is 0 Å². The van der Waals surface area contributed by atoms with Crippen molar-refractivity contribution >= 4 is 34.6 Å². The highest BCUT2D eigenvalue weighted by molar-refractivity contribution is 7.15. The lowest BCUT2D eigenvalue weighted by atomic mass is 9.99. The molecule has 1 aliphatic rings. The predicted octanol–water partition coefficient (Wildman–Crippen LogP) is 5.56. The van der Waals surface area contributed by atoms with Crippen molar-refractivity contribution in [3.05, 3.63) is 99.6 Å². The van der Waals surface area contributed by atoms with Gasteiger partial charge in [-0.05, 0) is 50.6 Å². The maximum atomic E-state index is 12.9. The summed E-state index contributed by atoms with van der Waals surface area (Å²) in [5.41, 5.74) is 4.51. The van der Waals surface area contributed by atoms with E-state index in [0.29, 0.717) is 16.5 Å². The van der Waals surface area contributed by atoms with Gasteiger partial charge in [-0.3, -0.25) is 14.4 Å². The molecular formula is C25H24ClN5OS. The summed E-state index contributed by atoms with van der Waals surface area (Å²) in [7, 11) is 0. The Morgan fingerprint density at radius 2 is 1.94 bits per heavy atom. The van der Waals surface area contributed by atoms with Gasteiger partial charge in [0, 0.05) is 26.7 Å². The van der Waals surface area contributed by atoms with Gasteiger partial charge < -0.3 is 5.32 Å². The molecule has 0 spiro atoms. The number of thiophene rings is 1. The third-order valence-corrected chi connectivity index (χ3v) is 6.98. The molecule has 1 unspecified atom stereocenters. The lowest BCUT2D eigenvalue weighted by Crippen LogP contribution is -2.24. The van der Waals surface area contributed by atoms with Crippen LogP contribution in [0.5, 0.6) is 0 Å². The lowest BCUT2D eigenvalue weighted by molar-refractivity contribution is -0.120. The number of allylic oxidation sites excluding steroid dienone is 3. The van der Waals surface area contributed by atoms with Gasteiger partial charge in [-0.25, -0.2) is 0 Å². The molecular weight excluding hydrogens is 454 g/mol. The SMILES string of the molecule is C=C/C=C(\C=C)NC(=O)CC1N=C(c2ccc(Cl)cc2)c2c(sc(C)c2C)-n2c(C)nnc21.